The fraction of sp³-hybridized carbons (Fsp3) is 0.500. The molecule has 1 aromatic heterocycles. The predicted octanol–water partition coefficient (Wildman–Crippen LogP) is 1.27. The van der Waals surface area contributed by atoms with Crippen LogP contribution in [-0.2, 0) is 10.0 Å². The van der Waals surface area contributed by atoms with Crippen LogP contribution in [0.3, 0.4) is 0 Å². The Morgan fingerprint density at radius 3 is 2.59 bits per heavy atom. The normalized spacial score (nSPS) is 13.4. The van der Waals surface area contributed by atoms with Crippen molar-refractivity contribution >= 4 is 27.3 Å². The molecule has 1 aromatic rings. The van der Waals surface area contributed by atoms with E-state index in [0.29, 0.717) is 5.56 Å². The molecular formula is C10H16N2O3S2. The summed E-state index contributed by atoms with van der Waals surface area (Å²) in [7, 11) is -2.02. The van der Waals surface area contributed by atoms with Gasteiger partial charge >= 0.3 is 0 Å². The van der Waals surface area contributed by atoms with Crippen LogP contribution in [0, 0.1) is 0 Å². The molecule has 0 saturated carbocycles. The molecule has 1 amide bonds. The lowest BCUT2D eigenvalue weighted by molar-refractivity contribution is 0.0741. The molecule has 0 aliphatic rings. The Labute approximate surface area is 105 Å². The zero-order valence-electron chi connectivity index (χ0n) is 10.0. The fourth-order valence-corrected chi connectivity index (χ4v) is 2.83. The van der Waals surface area contributed by atoms with Crippen molar-refractivity contribution in [2.24, 2.45) is 5.14 Å². The summed E-state index contributed by atoms with van der Waals surface area (Å²) in [5.74, 6) is -0.189. The summed E-state index contributed by atoms with van der Waals surface area (Å²) in [5.41, 5.74) is 0.363. The molecular weight excluding hydrogens is 260 g/mol. The van der Waals surface area contributed by atoms with Gasteiger partial charge in [0.25, 0.3) is 5.91 Å². The highest BCUT2D eigenvalue weighted by atomic mass is 32.2. The number of nitrogens with two attached hydrogens (primary N) is 1. The van der Waals surface area contributed by atoms with Crippen molar-refractivity contribution in [3.05, 3.63) is 17.0 Å². The van der Waals surface area contributed by atoms with E-state index in [4.69, 9.17) is 5.14 Å². The largest absolute Gasteiger partial charge is 0.339 e. The highest BCUT2D eigenvalue weighted by Crippen LogP contribution is 2.20. The average molecular weight is 276 g/mol. The standard InChI is InChI=1S/C10H16N2O3S2/c1-4-7(2)12(3)10(13)8-5-9(16-6-8)17(11,14)15/h5-7H,4H2,1-3H3,(H2,11,14,15). The molecule has 0 radical (unpaired) electrons. The first-order valence-corrected chi connectivity index (χ1v) is 7.58. The van der Waals surface area contributed by atoms with E-state index in [2.05, 4.69) is 0 Å². The molecule has 96 valence electrons. The number of carbonyl (C=O) groups is 1. The lowest BCUT2D eigenvalue weighted by atomic mass is 10.2. The minimum atomic E-state index is -3.72. The lowest BCUT2D eigenvalue weighted by Gasteiger charge is -2.23. The van der Waals surface area contributed by atoms with E-state index >= 15 is 0 Å². The second kappa shape index (κ2) is 5.16. The molecule has 0 fully saturated rings. The fourth-order valence-electron chi connectivity index (χ4n) is 1.26. The summed E-state index contributed by atoms with van der Waals surface area (Å²) in [5, 5.41) is 6.50. The molecule has 0 aromatic carbocycles. The molecule has 1 atom stereocenters. The molecule has 7 heteroatoms. The summed E-state index contributed by atoms with van der Waals surface area (Å²) in [6, 6.07) is 1.43. The van der Waals surface area contributed by atoms with E-state index in [9.17, 15) is 13.2 Å². The number of nitrogens with zero attached hydrogens (tertiary/aromatic N) is 1. The SMILES string of the molecule is CCC(C)N(C)C(=O)c1csc(S(N)(=O)=O)c1. The van der Waals surface area contributed by atoms with Gasteiger partial charge in [0.15, 0.2) is 0 Å². The molecule has 0 bridgehead atoms. The lowest BCUT2D eigenvalue weighted by Crippen LogP contribution is -2.34. The van der Waals surface area contributed by atoms with Crippen LogP contribution in [0.25, 0.3) is 0 Å². The molecule has 1 unspecified atom stereocenters. The first-order valence-electron chi connectivity index (χ1n) is 5.15. The van der Waals surface area contributed by atoms with Gasteiger partial charge < -0.3 is 4.90 Å². The molecule has 1 heterocycles. The Morgan fingerprint density at radius 2 is 2.18 bits per heavy atom. The summed E-state index contributed by atoms with van der Waals surface area (Å²) >= 11 is 0.961. The molecule has 5 nitrogen and oxygen atoms in total. The quantitative estimate of drug-likeness (QED) is 0.899. The number of carbonyl (C=O) groups excluding carboxylic acids is 1. The van der Waals surface area contributed by atoms with Gasteiger partial charge in [-0.15, -0.1) is 11.3 Å². The van der Waals surface area contributed by atoms with Gasteiger partial charge in [0, 0.05) is 18.5 Å². The van der Waals surface area contributed by atoms with E-state index in [1.165, 1.54) is 11.4 Å². The molecule has 0 saturated heterocycles. The van der Waals surface area contributed by atoms with E-state index in [1.807, 2.05) is 13.8 Å². The monoisotopic (exact) mass is 276 g/mol. The number of thiophene rings is 1. The molecule has 1 rings (SSSR count). The van der Waals surface area contributed by atoms with Gasteiger partial charge in [-0.3, -0.25) is 4.79 Å². The number of rotatable bonds is 4. The van der Waals surface area contributed by atoms with E-state index in [1.54, 1.807) is 11.9 Å². The smallest absolute Gasteiger partial charge is 0.254 e. The van der Waals surface area contributed by atoms with Gasteiger partial charge in [-0.2, -0.15) is 0 Å². The summed E-state index contributed by atoms with van der Waals surface area (Å²) in [6.07, 6.45) is 0.842. The Balaban J connectivity index is 2.95. The number of hydrogen-bond acceptors (Lipinski definition) is 4. The van der Waals surface area contributed by atoms with Crippen LogP contribution in [0.2, 0.25) is 0 Å². The molecule has 2 N–H and O–H groups in total. The maximum atomic E-state index is 12.0. The van der Waals surface area contributed by atoms with Gasteiger partial charge in [0.05, 0.1) is 5.56 Å². The minimum Gasteiger partial charge on any atom is -0.339 e. The van der Waals surface area contributed by atoms with Gasteiger partial charge in [-0.25, -0.2) is 13.6 Å². The Kier molecular flexibility index (Phi) is 4.29. The number of hydrogen-bond donors (Lipinski definition) is 1. The number of sulfonamides is 1. The zero-order chi connectivity index (χ0) is 13.2. The van der Waals surface area contributed by atoms with Crippen molar-refractivity contribution in [1.82, 2.24) is 4.90 Å². The average Bonchev–Trinajstić information content (AvgIpc) is 2.74. The van der Waals surface area contributed by atoms with E-state index in [0.717, 1.165) is 17.8 Å². The van der Waals surface area contributed by atoms with Crippen LogP contribution in [0.4, 0.5) is 0 Å². The van der Waals surface area contributed by atoms with Gasteiger partial charge in [0.2, 0.25) is 10.0 Å². The highest BCUT2D eigenvalue weighted by Gasteiger charge is 2.20. The Bertz CT molecular complexity index is 507. The van der Waals surface area contributed by atoms with Crippen LogP contribution < -0.4 is 5.14 Å². The van der Waals surface area contributed by atoms with Crippen LogP contribution in [0.5, 0.6) is 0 Å². The minimum absolute atomic E-state index is 0.0124. The maximum absolute atomic E-state index is 12.0. The first-order chi connectivity index (χ1) is 7.77. The van der Waals surface area contributed by atoms with Crippen molar-refractivity contribution in [1.29, 1.82) is 0 Å². The van der Waals surface area contributed by atoms with Crippen molar-refractivity contribution in [2.45, 2.75) is 30.5 Å². The number of amides is 1. The molecule has 0 spiro atoms. The maximum Gasteiger partial charge on any atom is 0.254 e. The summed E-state index contributed by atoms with van der Waals surface area (Å²) in [6.45, 7) is 3.92. The second-order valence-electron chi connectivity index (χ2n) is 3.87. The third kappa shape index (κ3) is 3.27. The molecule has 0 aliphatic carbocycles. The zero-order valence-corrected chi connectivity index (χ0v) is 11.6. The molecule has 17 heavy (non-hydrogen) atoms. The summed E-state index contributed by atoms with van der Waals surface area (Å²) in [4.78, 5) is 13.6. The third-order valence-electron chi connectivity index (χ3n) is 2.68. The van der Waals surface area contributed by atoms with Crippen LogP contribution in [-0.4, -0.2) is 32.3 Å². The third-order valence-corrected chi connectivity index (χ3v) is 5.06. The molecule has 0 aliphatic heterocycles. The summed E-state index contributed by atoms with van der Waals surface area (Å²) < 4.78 is 22.2. The van der Waals surface area contributed by atoms with Crippen molar-refractivity contribution in [3.8, 4) is 0 Å². The second-order valence-corrected chi connectivity index (χ2v) is 6.57. The van der Waals surface area contributed by atoms with Crippen LogP contribution in [0.15, 0.2) is 15.7 Å². The van der Waals surface area contributed by atoms with Gasteiger partial charge in [-0.05, 0) is 19.4 Å². The van der Waals surface area contributed by atoms with Crippen LogP contribution >= 0.6 is 11.3 Å². The topological polar surface area (TPSA) is 80.5 Å². The van der Waals surface area contributed by atoms with Crippen LogP contribution in [0.1, 0.15) is 30.6 Å². The van der Waals surface area contributed by atoms with Crippen molar-refractivity contribution in [3.63, 3.8) is 0 Å². The van der Waals surface area contributed by atoms with Gasteiger partial charge in [0.1, 0.15) is 4.21 Å². The van der Waals surface area contributed by atoms with E-state index in [-0.39, 0.29) is 16.2 Å². The first kappa shape index (κ1) is 14.1. The predicted molar refractivity (Wildman–Crippen MR) is 67.5 cm³/mol. The highest BCUT2D eigenvalue weighted by molar-refractivity contribution is 7.91. The Hall–Kier alpha value is -0.920. The Morgan fingerprint density at radius 1 is 1.59 bits per heavy atom. The van der Waals surface area contributed by atoms with Gasteiger partial charge in [-0.1, -0.05) is 6.92 Å². The van der Waals surface area contributed by atoms with Crippen molar-refractivity contribution in [2.75, 3.05) is 7.05 Å². The number of primary sulfonamides is 1. The van der Waals surface area contributed by atoms with Crippen molar-refractivity contribution < 1.29 is 13.2 Å². The van der Waals surface area contributed by atoms with E-state index < -0.39 is 10.0 Å².